The lowest BCUT2D eigenvalue weighted by molar-refractivity contribution is -0.960. The van der Waals surface area contributed by atoms with Crippen LogP contribution in [-0.4, -0.2) is 40.8 Å². The van der Waals surface area contributed by atoms with Gasteiger partial charge in [-0.25, -0.2) is 4.98 Å². The highest BCUT2D eigenvalue weighted by Crippen LogP contribution is 2.44. The molecule has 4 aliphatic rings. The molecule has 2 bridgehead atoms. The van der Waals surface area contributed by atoms with E-state index in [-0.39, 0.29) is 5.92 Å². The van der Waals surface area contributed by atoms with E-state index in [9.17, 15) is 5.11 Å². The van der Waals surface area contributed by atoms with Crippen molar-refractivity contribution in [3.63, 3.8) is 0 Å². The number of aromatic nitrogens is 1. The Hall–Kier alpha value is -2.63. The molecule has 0 amide bonds. The van der Waals surface area contributed by atoms with Crippen molar-refractivity contribution in [1.29, 1.82) is 0 Å². The summed E-state index contributed by atoms with van der Waals surface area (Å²) < 4.78 is 13.7. The molecule has 2 atom stereocenters. The summed E-state index contributed by atoms with van der Waals surface area (Å²) >= 11 is 0. The van der Waals surface area contributed by atoms with Crippen LogP contribution in [0, 0.1) is 17.8 Å². The van der Waals surface area contributed by atoms with Gasteiger partial charge in [0.15, 0.2) is 11.4 Å². The van der Waals surface area contributed by atoms with Gasteiger partial charge in [-0.15, -0.1) is 0 Å². The van der Waals surface area contributed by atoms with Gasteiger partial charge in [-0.1, -0.05) is 67.8 Å². The standard InChI is InChI=1S/C31H39N2O3/c34-31(26-10-4-1-5-11-26,27-12-6-2-7-13-27)30-32-20-29(36-30)22-33-18-16-24(17-19-33)25(21-33)23-35-28-14-8-3-9-15-28/h1,3-5,8-11,14-15,20,24-25,27,34H,2,6-7,12-13,16-19,21-23H2/q+1/t24?,25-,31-,33?/m0/s1. The van der Waals surface area contributed by atoms with Crippen LogP contribution < -0.4 is 4.74 Å². The van der Waals surface area contributed by atoms with Gasteiger partial charge in [0.05, 0.1) is 32.4 Å². The maximum atomic E-state index is 12.2. The van der Waals surface area contributed by atoms with Crippen LogP contribution in [0.4, 0.5) is 0 Å². The van der Waals surface area contributed by atoms with Gasteiger partial charge in [0.25, 0.3) is 0 Å². The number of fused-ring (bicyclic) bond motifs is 3. The number of oxazole rings is 1. The number of nitrogens with zero attached hydrogens (tertiary/aromatic N) is 2. The van der Waals surface area contributed by atoms with Gasteiger partial charge in [0, 0.05) is 24.7 Å². The first-order chi connectivity index (χ1) is 17.6. The average Bonchev–Trinajstić information content (AvgIpc) is 3.42. The van der Waals surface area contributed by atoms with Gasteiger partial charge in [0.2, 0.25) is 5.89 Å². The van der Waals surface area contributed by atoms with Crippen molar-refractivity contribution in [2.75, 3.05) is 26.2 Å². The van der Waals surface area contributed by atoms with Crippen LogP contribution in [0.25, 0.3) is 0 Å². The summed E-state index contributed by atoms with van der Waals surface area (Å²) in [5, 5.41) is 12.2. The van der Waals surface area contributed by atoms with Gasteiger partial charge >= 0.3 is 0 Å². The fourth-order valence-corrected chi connectivity index (χ4v) is 7.20. The molecule has 2 aromatic carbocycles. The quantitative estimate of drug-likeness (QED) is 0.400. The second-order valence-electron chi connectivity index (χ2n) is 11.5. The summed E-state index contributed by atoms with van der Waals surface area (Å²) in [7, 11) is 0. The molecule has 3 aromatic rings. The first-order valence-corrected chi connectivity index (χ1v) is 13.9. The third-order valence-electron chi connectivity index (χ3n) is 9.22. The molecule has 4 fully saturated rings. The van der Waals surface area contributed by atoms with E-state index in [0.717, 1.165) is 72.9 Å². The number of para-hydroxylation sites is 1. The summed E-state index contributed by atoms with van der Waals surface area (Å²) in [6.07, 6.45) is 9.95. The second-order valence-corrected chi connectivity index (χ2v) is 11.5. The zero-order valence-electron chi connectivity index (χ0n) is 21.2. The lowest BCUT2D eigenvalue weighted by atomic mass is 9.73. The zero-order valence-corrected chi connectivity index (χ0v) is 21.2. The van der Waals surface area contributed by atoms with E-state index >= 15 is 0 Å². The molecule has 190 valence electrons. The Kier molecular flexibility index (Phi) is 6.61. The van der Waals surface area contributed by atoms with Crippen LogP contribution in [-0.2, 0) is 12.1 Å². The highest BCUT2D eigenvalue weighted by molar-refractivity contribution is 5.30. The molecule has 1 aliphatic carbocycles. The number of hydrogen-bond donors (Lipinski definition) is 1. The number of rotatable bonds is 8. The number of ether oxygens (including phenoxy) is 1. The van der Waals surface area contributed by atoms with E-state index < -0.39 is 5.60 Å². The van der Waals surface area contributed by atoms with Crippen LogP contribution in [0.1, 0.15) is 62.2 Å². The average molecular weight is 488 g/mol. The zero-order chi connectivity index (χ0) is 24.4. The Morgan fingerprint density at radius 3 is 2.33 bits per heavy atom. The van der Waals surface area contributed by atoms with E-state index in [1.165, 1.54) is 32.4 Å². The van der Waals surface area contributed by atoms with Crippen LogP contribution in [0.3, 0.4) is 0 Å². The molecule has 0 radical (unpaired) electrons. The Morgan fingerprint density at radius 1 is 0.917 bits per heavy atom. The molecule has 3 saturated heterocycles. The fraction of sp³-hybridized carbons (Fsp3) is 0.516. The van der Waals surface area contributed by atoms with Gasteiger partial charge in [0.1, 0.15) is 12.3 Å². The molecule has 0 spiro atoms. The minimum atomic E-state index is -1.17. The van der Waals surface area contributed by atoms with Gasteiger partial charge in [-0.3, -0.25) is 0 Å². The lowest BCUT2D eigenvalue weighted by Crippen LogP contribution is -2.62. The molecule has 5 heteroatoms. The molecular formula is C31H39N2O3+. The summed E-state index contributed by atoms with van der Waals surface area (Å²) in [5.74, 6) is 3.80. The molecule has 5 nitrogen and oxygen atoms in total. The topological polar surface area (TPSA) is 55.5 Å². The van der Waals surface area contributed by atoms with Crippen LogP contribution >= 0.6 is 0 Å². The molecule has 36 heavy (non-hydrogen) atoms. The fourth-order valence-electron chi connectivity index (χ4n) is 7.20. The van der Waals surface area contributed by atoms with Crippen molar-refractivity contribution >= 4 is 0 Å². The smallest absolute Gasteiger partial charge is 0.231 e. The highest BCUT2D eigenvalue weighted by Gasteiger charge is 2.48. The predicted molar refractivity (Wildman–Crippen MR) is 139 cm³/mol. The first-order valence-electron chi connectivity index (χ1n) is 13.9. The third kappa shape index (κ3) is 4.59. The molecule has 1 saturated carbocycles. The van der Waals surface area contributed by atoms with E-state index in [4.69, 9.17) is 14.1 Å². The summed E-state index contributed by atoms with van der Waals surface area (Å²) in [5.41, 5.74) is -0.268. The third-order valence-corrected chi connectivity index (χ3v) is 9.22. The Labute approximate surface area is 214 Å². The van der Waals surface area contributed by atoms with Crippen LogP contribution in [0.15, 0.2) is 71.3 Å². The Bertz CT molecular complexity index is 1120. The number of hydrogen-bond acceptors (Lipinski definition) is 4. The first kappa shape index (κ1) is 23.7. The molecule has 7 rings (SSSR count). The van der Waals surface area contributed by atoms with Crippen molar-refractivity contribution in [2.45, 2.75) is 57.1 Å². The minimum absolute atomic E-state index is 0.137. The van der Waals surface area contributed by atoms with Crippen molar-refractivity contribution in [2.24, 2.45) is 17.8 Å². The van der Waals surface area contributed by atoms with E-state index in [2.05, 4.69) is 0 Å². The maximum absolute atomic E-state index is 12.2. The number of quaternary nitrogens is 1. The van der Waals surface area contributed by atoms with Gasteiger partial charge in [-0.2, -0.15) is 0 Å². The number of aliphatic hydroxyl groups is 1. The van der Waals surface area contributed by atoms with E-state index in [1.54, 1.807) is 0 Å². The highest BCUT2D eigenvalue weighted by atomic mass is 16.5. The monoisotopic (exact) mass is 487 g/mol. The SMILES string of the molecule is O[C@](c1ccccc1)(c1ncc(C[N+]23CCC(CC2)[C@H](COc2ccccc2)C3)o1)C1CCCCC1. The van der Waals surface area contributed by atoms with E-state index in [0.29, 0.717) is 11.8 Å². The van der Waals surface area contributed by atoms with E-state index in [1.807, 2.05) is 66.9 Å². The number of piperidine rings is 3. The normalized spacial score (nSPS) is 28.0. The summed E-state index contributed by atoms with van der Waals surface area (Å²) in [6.45, 7) is 5.13. The molecule has 1 aromatic heterocycles. The molecular weight excluding hydrogens is 448 g/mol. The van der Waals surface area contributed by atoms with Crippen molar-refractivity contribution in [3.05, 3.63) is 84.1 Å². The molecule has 1 N–H and O–H groups in total. The second kappa shape index (κ2) is 10.0. The summed E-state index contributed by atoms with van der Waals surface area (Å²) in [4.78, 5) is 4.73. The van der Waals surface area contributed by atoms with Crippen LogP contribution in [0.5, 0.6) is 5.75 Å². The van der Waals surface area contributed by atoms with Crippen molar-refractivity contribution in [3.8, 4) is 5.75 Å². The molecule has 0 unspecified atom stereocenters. The predicted octanol–water partition coefficient (Wildman–Crippen LogP) is 5.93. The van der Waals surface area contributed by atoms with Crippen molar-refractivity contribution in [1.82, 2.24) is 4.98 Å². The summed E-state index contributed by atoms with van der Waals surface area (Å²) in [6, 6.07) is 20.2. The van der Waals surface area contributed by atoms with Gasteiger partial charge in [-0.05, 0) is 36.5 Å². The number of benzene rings is 2. The minimum Gasteiger partial charge on any atom is -0.493 e. The molecule has 4 heterocycles. The van der Waals surface area contributed by atoms with Gasteiger partial charge < -0.3 is 18.7 Å². The Balaban J connectivity index is 1.20. The lowest BCUT2D eigenvalue weighted by Gasteiger charge is -2.52. The molecule has 3 aliphatic heterocycles. The van der Waals surface area contributed by atoms with Crippen LogP contribution in [0.2, 0.25) is 0 Å². The Morgan fingerprint density at radius 2 is 1.61 bits per heavy atom. The largest absolute Gasteiger partial charge is 0.493 e. The maximum Gasteiger partial charge on any atom is 0.231 e. The van der Waals surface area contributed by atoms with Crippen molar-refractivity contribution < 1.29 is 18.7 Å².